The number of nitrogens with one attached hydrogen (secondary N) is 1. The summed E-state index contributed by atoms with van der Waals surface area (Å²) in [6.45, 7) is 0. The van der Waals surface area contributed by atoms with Gasteiger partial charge >= 0.3 is 5.97 Å². The monoisotopic (exact) mass is 513 g/mol. The van der Waals surface area contributed by atoms with Gasteiger partial charge in [-0.2, -0.15) is 0 Å². The van der Waals surface area contributed by atoms with Gasteiger partial charge < -0.3 is 4.84 Å². The number of carbonyl (C=O) groups excluding carboxylic acids is 2. The fourth-order valence-electron chi connectivity index (χ4n) is 2.44. The minimum atomic E-state index is -1.06. The van der Waals surface area contributed by atoms with Crippen molar-refractivity contribution in [1.82, 2.24) is 0 Å². The third-order valence-corrected chi connectivity index (χ3v) is 4.56. The molecule has 12 nitrogen and oxygen atoms in total. The number of nitro benzene ring substituents is 2. The van der Waals surface area contributed by atoms with E-state index in [9.17, 15) is 29.8 Å². The van der Waals surface area contributed by atoms with Gasteiger partial charge in [0.15, 0.2) is 0 Å². The number of halogens is 1. The first-order valence-corrected chi connectivity index (χ1v) is 9.75. The Hall–Kier alpha value is -4.52. The van der Waals surface area contributed by atoms with Crippen LogP contribution in [0.15, 0.2) is 81.4 Å². The first kappa shape index (κ1) is 23.1. The average Bonchev–Trinajstić information content (AvgIpc) is 2.81. The molecule has 1 N–H and O–H groups in total. The van der Waals surface area contributed by atoms with Gasteiger partial charge in [0.1, 0.15) is 0 Å². The number of carbonyl (C=O) groups is 2. The highest BCUT2D eigenvalue weighted by atomic mass is 79.9. The normalized spacial score (nSPS) is 10.6. The Bertz CT molecular complexity index is 1230. The summed E-state index contributed by atoms with van der Waals surface area (Å²) in [6, 6.07) is 15.0. The lowest BCUT2D eigenvalue weighted by Gasteiger charge is -2.07. The zero-order chi connectivity index (χ0) is 24.0. The van der Waals surface area contributed by atoms with Crippen LogP contribution in [0, 0.1) is 20.2 Å². The highest BCUT2D eigenvalue weighted by molar-refractivity contribution is 9.10. The largest absolute Gasteiger partial charge is 0.363 e. The van der Waals surface area contributed by atoms with Crippen LogP contribution < -0.4 is 5.48 Å². The quantitative estimate of drug-likeness (QED) is 0.249. The summed E-state index contributed by atoms with van der Waals surface area (Å²) in [5.74, 6) is -1.59. The van der Waals surface area contributed by atoms with Crippen molar-refractivity contribution in [3.8, 4) is 0 Å². The first-order valence-electron chi connectivity index (χ1n) is 8.95. The van der Waals surface area contributed by atoms with Gasteiger partial charge in [-0.05, 0) is 48.5 Å². The molecule has 1 amide bonds. The second-order valence-corrected chi connectivity index (χ2v) is 7.22. The van der Waals surface area contributed by atoms with E-state index >= 15 is 0 Å². The van der Waals surface area contributed by atoms with E-state index in [1.807, 2.05) is 0 Å². The van der Waals surface area contributed by atoms with Crippen LogP contribution in [0.4, 0.5) is 22.7 Å². The lowest BCUT2D eigenvalue weighted by molar-refractivity contribution is -0.394. The molecule has 3 aromatic carbocycles. The Morgan fingerprint density at radius 3 is 1.97 bits per heavy atom. The molecule has 33 heavy (non-hydrogen) atoms. The summed E-state index contributed by atoms with van der Waals surface area (Å²) in [4.78, 5) is 49.2. The molecule has 0 saturated carbocycles. The molecule has 0 aliphatic carbocycles. The van der Waals surface area contributed by atoms with Gasteiger partial charge in [0.2, 0.25) is 0 Å². The van der Waals surface area contributed by atoms with Crippen molar-refractivity contribution in [2.45, 2.75) is 0 Å². The second-order valence-electron chi connectivity index (χ2n) is 6.30. The minimum absolute atomic E-state index is 0.307. The summed E-state index contributed by atoms with van der Waals surface area (Å²) < 4.78 is 0.823. The molecule has 0 atom stereocenters. The third kappa shape index (κ3) is 6.24. The molecule has 3 aromatic rings. The molecular weight excluding hydrogens is 502 g/mol. The van der Waals surface area contributed by atoms with E-state index in [0.717, 1.165) is 22.7 Å². The van der Waals surface area contributed by atoms with Gasteiger partial charge in [-0.15, -0.1) is 10.2 Å². The van der Waals surface area contributed by atoms with Gasteiger partial charge in [0, 0.05) is 22.2 Å². The topological polar surface area (TPSA) is 166 Å². The lowest BCUT2D eigenvalue weighted by Crippen LogP contribution is -2.11. The smallest absolute Gasteiger partial charge is 0.338 e. The van der Waals surface area contributed by atoms with Crippen molar-refractivity contribution < 1.29 is 24.3 Å². The number of benzene rings is 3. The number of amides is 1. The minimum Gasteiger partial charge on any atom is -0.338 e. The number of nitro groups is 2. The number of rotatable bonds is 7. The van der Waals surface area contributed by atoms with Crippen LogP contribution in [-0.2, 0) is 4.84 Å². The Balaban J connectivity index is 1.63. The van der Waals surface area contributed by atoms with E-state index in [1.54, 1.807) is 24.3 Å². The van der Waals surface area contributed by atoms with Crippen molar-refractivity contribution in [3.63, 3.8) is 0 Å². The first-order chi connectivity index (χ1) is 15.7. The number of hydrogen-bond donors (Lipinski definition) is 1. The van der Waals surface area contributed by atoms with E-state index in [2.05, 4.69) is 31.6 Å². The van der Waals surface area contributed by atoms with Crippen LogP contribution in [0.25, 0.3) is 0 Å². The molecule has 0 fully saturated rings. The Morgan fingerprint density at radius 1 is 0.848 bits per heavy atom. The van der Waals surface area contributed by atoms with Crippen molar-refractivity contribution in [3.05, 3.63) is 103 Å². The molecular formula is C20H12BrN5O7. The molecule has 0 spiro atoms. The number of hydrogen-bond acceptors (Lipinski definition) is 9. The molecule has 166 valence electrons. The Kier molecular flexibility index (Phi) is 7.15. The zero-order valence-corrected chi connectivity index (χ0v) is 18.0. The van der Waals surface area contributed by atoms with E-state index < -0.39 is 33.1 Å². The predicted octanol–water partition coefficient (Wildman–Crippen LogP) is 5.37. The molecule has 0 aromatic heterocycles. The number of nitrogens with zero attached hydrogens (tertiary/aromatic N) is 4. The van der Waals surface area contributed by atoms with Gasteiger partial charge in [-0.1, -0.05) is 15.9 Å². The Morgan fingerprint density at radius 2 is 1.42 bits per heavy atom. The standard InChI is InChI=1S/C20H12BrN5O7/c21-14-3-1-12(2-4-14)19(27)23-22-15-5-7-16(8-6-15)24-33-20(28)13-9-17(25(29)30)11-18(10-13)26(31)32/h1-11,24H. The predicted molar refractivity (Wildman–Crippen MR) is 118 cm³/mol. The summed E-state index contributed by atoms with van der Waals surface area (Å²) in [7, 11) is 0. The summed E-state index contributed by atoms with van der Waals surface area (Å²) >= 11 is 3.27. The maximum atomic E-state index is 12.2. The number of non-ortho nitro benzene ring substituents is 2. The lowest BCUT2D eigenvalue weighted by atomic mass is 10.2. The molecule has 0 unspecified atom stereocenters. The maximum Gasteiger partial charge on any atom is 0.363 e. The molecule has 0 aliphatic rings. The van der Waals surface area contributed by atoms with E-state index in [0.29, 0.717) is 16.9 Å². The molecule has 0 saturated heterocycles. The molecule has 3 rings (SSSR count). The SMILES string of the molecule is O=C(N=Nc1ccc(NOC(=O)c2cc([N+](=O)[O-])cc([N+](=O)[O-])c2)cc1)c1ccc(Br)cc1. The molecule has 0 heterocycles. The van der Waals surface area contributed by atoms with Crippen molar-refractivity contribution in [2.24, 2.45) is 10.2 Å². The van der Waals surface area contributed by atoms with Crippen molar-refractivity contribution in [2.75, 3.05) is 5.48 Å². The van der Waals surface area contributed by atoms with Gasteiger partial charge in [0.05, 0.1) is 32.9 Å². The molecule has 0 aliphatic heterocycles. The summed E-state index contributed by atoms with van der Waals surface area (Å²) in [6.07, 6.45) is 0. The van der Waals surface area contributed by atoms with Gasteiger partial charge in [-0.3, -0.25) is 25.0 Å². The van der Waals surface area contributed by atoms with Crippen LogP contribution in [0.3, 0.4) is 0 Å². The second kappa shape index (κ2) is 10.2. The van der Waals surface area contributed by atoms with Crippen LogP contribution in [0.1, 0.15) is 20.7 Å². The fourth-order valence-corrected chi connectivity index (χ4v) is 2.70. The van der Waals surface area contributed by atoms with E-state index in [1.165, 1.54) is 24.3 Å². The highest BCUT2D eigenvalue weighted by Gasteiger charge is 2.21. The summed E-state index contributed by atoms with van der Waals surface area (Å²) in [5.41, 5.74) is 1.74. The van der Waals surface area contributed by atoms with Crippen molar-refractivity contribution in [1.29, 1.82) is 0 Å². The fraction of sp³-hybridized carbons (Fsp3) is 0. The van der Waals surface area contributed by atoms with Crippen molar-refractivity contribution >= 4 is 50.6 Å². The molecule has 0 bridgehead atoms. The summed E-state index contributed by atoms with van der Waals surface area (Å²) in [5, 5.41) is 29.3. The van der Waals surface area contributed by atoms with Crippen LogP contribution in [0.2, 0.25) is 0 Å². The van der Waals surface area contributed by atoms with Crippen LogP contribution >= 0.6 is 15.9 Å². The maximum absolute atomic E-state index is 12.2. The van der Waals surface area contributed by atoms with Gasteiger partial charge in [-0.25, -0.2) is 10.3 Å². The third-order valence-electron chi connectivity index (χ3n) is 4.04. The average molecular weight is 514 g/mol. The van der Waals surface area contributed by atoms with Gasteiger partial charge in [0.25, 0.3) is 17.3 Å². The Labute approximate surface area is 193 Å². The zero-order valence-electron chi connectivity index (χ0n) is 16.4. The molecule has 0 radical (unpaired) electrons. The highest BCUT2D eigenvalue weighted by Crippen LogP contribution is 2.24. The van der Waals surface area contributed by atoms with E-state index in [4.69, 9.17) is 4.84 Å². The van der Waals surface area contributed by atoms with E-state index in [-0.39, 0.29) is 5.56 Å². The van der Waals surface area contributed by atoms with Crippen LogP contribution in [0.5, 0.6) is 0 Å². The molecule has 13 heteroatoms. The number of azo groups is 1. The number of anilines is 1. The van der Waals surface area contributed by atoms with Crippen LogP contribution in [-0.4, -0.2) is 21.7 Å².